The maximum absolute atomic E-state index is 13.3. The van der Waals surface area contributed by atoms with E-state index in [4.69, 9.17) is 0 Å². The van der Waals surface area contributed by atoms with Crippen LogP contribution in [-0.4, -0.2) is 32.2 Å². The van der Waals surface area contributed by atoms with Gasteiger partial charge in [0.15, 0.2) is 5.16 Å². The highest BCUT2D eigenvalue weighted by molar-refractivity contribution is 7.99. The van der Waals surface area contributed by atoms with Crippen molar-refractivity contribution in [2.75, 3.05) is 5.75 Å². The molecule has 8 nitrogen and oxygen atoms in total. The molecular weight excluding hydrogens is 440 g/mol. The molecule has 1 N–H and O–H groups in total. The molecule has 4 rings (SSSR count). The topological polar surface area (TPSA) is 107 Å². The summed E-state index contributed by atoms with van der Waals surface area (Å²) in [6.07, 6.45) is 3.27. The number of para-hydroxylation sites is 1. The summed E-state index contributed by atoms with van der Waals surface area (Å²) >= 11 is 1.19. The lowest BCUT2D eigenvalue weighted by Crippen LogP contribution is -2.44. The monoisotopic (exact) mass is 466 g/mol. The van der Waals surface area contributed by atoms with Crippen LogP contribution in [0.4, 0.5) is 5.69 Å². The Kier molecular flexibility index (Phi) is 6.78. The van der Waals surface area contributed by atoms with Crippen LogP contribution in [0.15, 0.2) is 58.5 Å². The highest BCUT2D eigenvalue weighted by atomic mass is 32.2. The average molecular weight is 467 g/mol. The quantitative estimate of drug-likeness (QED) is 0.251. The van der Waals surface area contributed by atoms with Crippen LogP contribution in [0, 0.1) is 22.0 Å². The van der Waals surface area contributed by atoms with E-state index in [1.807, 2.05) is 0 Å². The minimum atomic E-state index is -0.488. The minimum Gasteiger partial charge on any atom is -0.352 e. The van der Waals surface area contributed by atoms with Gasteiger partial charge in [0.05, 0.1) is 27.3 Å². The number of nitrogens with zero attached hydrogens (tertiary/aromatic N) is 3. The summed E-state index contributed by atoms with van der Waals surface area (Å²) in [4.78, 5) is 41.2. The summed E-state index contributed by atoms with van der Waals surface area (Å²) in [5, 5.41) is 15.0. The van der Waals surface area contributed by atoms with E-state index in [1.54, 1.807) is 24.3 Å². The van der Waals surface area contributed by atoms with Gasteiger partial charge in [0.2, 0.25) is 5.91 Å². The predicted octanol–water partition coefficient (Wildman–Crippen LogP) is 4.33. The van der Waals surface area contributed by atoms with Crippen LogP contribution in [-0.2, 0) is 4.79 Å². The molecule has 1 heterocycles. The first-order valence-electron chi connectivity index (χ1n) is 11.0. The number of aromatic nitrogens is 2. The Labute approximate surface area is 195 Å². The molecule has 172 valence electrons. The molecule has 2 aromatic carbocycles. The number of hydrogen-bond donors (Lipinski definition) is 1. The molecule has 0 bridgehead atoms. The zero-order valence-corrected chi connectivity index (χ0v) is 19.4. The molecule has 1 aliphatic carbocycles. The van der Waals surface area contributed by atoms with Gasteiger partial charge in [0.1, 0.15) is 0 Å². The normalized spacial score (nSPS) is 20.5. The number of thioether (sulfide) groups is 1. The van der Waals surface area contributed by atoms with Crippen LogP contribution < -0.4 is 10.9 Å². The van der Waals surface area contributed by atoms with Gasteiger partial charge in [0.25, 0.3) is 11.2 Å². The molecule has 9 heteroatoms. The van der Waals surface area contributed by atoms with E-state index in [1.165, 1.54) is 47.0 Å². The number of hydrogen-bond acceptors (Lipinski definition) is 6. The highest BCUT2D eigenvalue weighted by Crippen LogP contribution is 2.30. The second-order valence-electron chi connectivity index (χ2n) is 8.56. The Morgan fingerprint density at radius 1 is 1.18 bits per heavy atom. The average Bonchev–Trinajstić information content (AvgIpc) is 2.81. The van der Waals surface area contributed by atoms with Gasteiger partial charge in [-0.15, -0.1) is 0 Å². The van der Waals surface area contributed by atoms with Crippen molar-refractivity contribution < 1.29 is 9.72 Å². The number of nitro benzene ring substituents is 1. The van der Waals surface area contributed by atoms with Crippen molar-refractivity contribution in [2.24, 2.45) is 11.8 Å². The number of fused-ring (bicyclic) bond motifs is 1. The first-order chi connectivity index (χ1) is 15.8. The molecule has 1 amide bonds. The number of nitrogens with one attached hydrogen (secondary N) is 1. The molecule has 3 aromatic rings. The zero-order chi connectivity index (χ0) is 23.5. The van der Waals surface area contributed by atoms with Crippen molar-refractivity contribution in [3.63, 3.8) is 0 Å². The number of carbonyl (C=O) groups is 1. The van der Waals surface area contributed by atoms with E-state index in [9.17, 15) is 19.7 Å². The lowest BCUT2D eigenvalue weighted by molar-refractivity contribution is -0.384. The Hall–Kier alpha value is -3.20. The number of rotatable bonds is 6. The van der Waals surface area contributed by atoms with Gasteiger partial charge in [-0.3, -0.25) is 24.3 Å². The second kappa shape index (κ2) is 9.74. The van der Waals surface area contributed by atoms with Crippen LogP contribution in [0.1, 0.15) is 33.1 Å². The molecule has 33 heavy (non-hydrogen) atoms. The molecule has 0 saturated heterocycles. The van der Waals surface area contributed by atoms with Crippen molar-refractivity contribution in [3.8, 4) is 5.69 Å². The molecule has 3 atom stereocenters. The first kappa shape index (κ1) is 23.0. The zero-order valence-electron chi connectivity index (χ0n) is 18.6. The minimum absolute atomic E-state index is 0.0649. The molecule has 1 aromatic heterocycles. The smallest absolute Gasteiger partial charge is 0.269 e. The largest absolute Gasteiger partial charge is 0.352 e. The Morgan fingerprint density at radius 2 is 1.91 bits per heavy atom. The Balaban J connectivity index is 1.62. The van der Waals surface area contributed by atoms with Gasteiger partial charge >= 0.3 is 0 Å². The molecule has 1 aliphatic rings. The van der Waals surface area contributed by atoms with E-state index in [2.05, 4.69) is 24.1 Å². The number of benzene rings is 2. The lowest BCUT2D eigenvalue weighted by atomic mass is 9.78. The van der Waals surface area contributed by atoms with Gasteiger partial charge in [-0.25, -0.2) is 4.98 Å². The van der Waals surface area contributed by atoms with Crippen LogP contribution in [0.25, 0.3) is 16.6 Å². The summed E-state index contributed by atoms with van der Waals surface area (Å²) < 4.78 is 1.41. The highest BCUT2D eigenvalue weighted by Gasteiger charge is 2.28. The number of nitro groups is 1. The van der Waals surface area contributed by atoms with Crippen molar-refractivity contribution in [1.29, 1.82) is 0 Å². The van der Waals surface area contributed by atoms with E-state index in [0.717, 1.165) is 12.8 Å². The Morgan fingerprint density at radius 3 is 2.64 bits per heavy atom. The van der Waals surface area contributed by atoms with Crippen LogP contribution in [0.2, 0.25) is 0 Å². The number of non-ortho nitro benzene ring substituents is 1. The van der Waals surface area contributed by atoms with Crippen molar-refractivity contribution in [2.45, 2.75) is 44.3 Å². The molecule has 0 aliphatic heterocycles. The van der Waals surface area contributed by atoms with Gasteiger partial charge in [-0.05, 0) is 42.5 Å². The summed E-state index contributed by atoms with van der Waals surface area (Å²) in [7, 11) is 0. The standard InChI is InChI=1S/C24H26N4O4S/c1-15-6-5-9-20(16(15)2)25-22(29)14-33-24-26-21-8-4-3-7-19(21)23(30)27(24)17-10-12-18(13-11-17)28(31)32/h3-4,7-8,10-13,15-16,20H,5-6,9,14H2,1-2H3,(H,25,29)/t15-,16-,20-/m1/s1. The summed E-state index contributed by atoms with van der Waals surface area (Å²) in [5.41, 5.74) is 0.650. The van der Waals surface area contributed by atoms with E-state index in [0.29, 0.717) is 33.6 Å². The summed E-state index contributed by atoms with van der Waals surface area (Å²) in [5.74, 6) is 1.02. The molecule has 0 radical (unpaired) electrons. The van der Waals surface area contributed by atoms with Crippen LogP contribution in [0.5, 0.6) is 0 Å². The maximum Gasteiger partial charge on any atom is 0.269 e. The number of amides is 1. The van der Waals surface area contributed by atoms with E-state index < -0.39 is 4.92 Å². The fourth-order valence-electron chi connectivity index (χ4n) is 4.32. The van der Waals surface area contributed by atoms with E-state index >= 15 is 0 Å². The van der Waals surface area contributed by atoms with Crippen molar-refractivity contribution >= 4 is 34.3 Å². The van der Waals surface area contributed by atoms with Gasteiger partial charge in [-0.1, -0.05) is 50.6 Å². The molecule has 0 unspecified atom stereocenters. The van der Waals surface area contributed by atoms with E-state index in [-0.39, 0.29) is 28.9 Å². The predicted molar refractivity (Wildman–Crippen MR) is 129 cm³/mol. The van der Waals surface area contributed by atoms with Gasteiger partial charge in [0, 0.05) is 18.2 Å². The third-order valence-electron chi connectivity index (χ3n) is 6.45. The third kappa shape index (κ3) is 4.93. The number of carbonyl (C=O) groups excluding carboxylic acids is 1. The van der Waals surface area contributed by atoms with Crippen LogP contribution in [0.3, 0.4) is 0 Å². The van der Waals surface area contributed by atoms with Gasteiger partial charge < -0.3 is 5.32 Å². The van der Waals surface area contributed by atoms with Gasteiger partial charge in [-0.2, -0.15) is 0 Å². The SMILES string of the molecule is C[C@@H]1[C@H](C)CCC[C@H]1NC(=O)CSc1nc2ccccc2c(=O)n1-c1ccc([N+](=O)[O-])cc1. The fourth-order valence-corrected chi connectivity index (χ4v) is 5.15. The summed E-state index contributed by atoms with van der Waals surface area (Å²) in [6, 6.07) is 12.9. The first-order valence-corrected chi connectivity index (χ1v) is 12.0. The fraction of sp³-hybridized carbons (Fsp3) is 0.375. The lowest BCUT2D eigenvalue weighted by Gasteiger charge is -2.34. The summed E-state index contributed by atoms with van der Waals surface area (Å²) in [6.45, 7) is 4.40. The molecular formula is C24H26N4O4S. The Bertz CT molecular complexity index is 1240. The second-order valence-corrected chi connectivity index (χ2v) is 9.50. The maximum atomic E-state index is 13.3. The molecule has 0 spiro atoms. The molecule has 1 fully saturated rings. The van der Waals surface area contributed by atoms with Crippen molar-refractivity contribution in [1.82, 2.24) is 14.9 Å². The van der Waals surface area contributed by atoms with Crippen LogP contribution >= 0.6 is 11.8 Å². The third-order valence-corrected chi connectivity index (χ3v) is 7.39. The molecule has 1 saturated carbocycles. The van der Waals surface area contributed by atoms with Crippen molar-refractivity contribution in [3.05, 3.63) is 69.0 Å².